The molecule has 3 unspecified atom stereocenters. The van der Waals surface area contributed by atoms with E-state index in [0.717, 1.165) is 18.6 Å². The lowest BCUT2D eigenvalue weighted by Crippen LogP contribution is -2.54. The molecule has 1 aromatic rings. The van der Waals surface area contributed by atoms with Crippen LogP contribution in [0, 0.1) is 11.8 Å². The average molecular weight is 784 g/mol. The Morgan fingerprint density at radius 1 is 1.16 bits per heavy atom. The number of epoxide rings is 1. The van der Waals surface area contributed by atoms with Crippen LogP contribution in [0.5, 0.6) is 0 Å². The number of alkyl halides is 3. The molecule has 11 nitrogen and oxygen atoms in total. The van der Waals surface area contributed by atoms with Gasteiger partial charge in [0.1, 0.15) is 23.9 Å². The number of allylic oxidation sites excluding steroid dienone is 2. The summed E-state index contributed by atoms with van der Waals surface area (Å²) in [7, 11) is 1.62. The Balaban J connectivity index is 1.98. The van der Waals surface area contributed by atoms with E-state index in [1.54, 1.807) is 63.2 Å². The van der Waals surface area contributed by atoms with Gasteiger partial charge in [0.05, 0.1) is 48.5 Å². The zero-order chi connectivity index (χ0) is 41.3. The van der Waals surface area contributed by atoms with Gasteiger partial charge in [0.15, 0.2) is 0 Å². The fourth-order valence-electron chi connectivity index (χ4n) is 7.38. The van der Waals surface area contributed by atoms with Crippen molar-refractivity contribution in [2.75, 3.05) is 20.3 Å². The van der Waals surface area contributed by atoms with Gasteiger partial charge < -0.3 is 39.4 Å². The second-order valence-corrected chi connectivity index (χ2v) is 15.4. The minimum absolute atomic E-state index is 0.0561. The maximum Gasteiger partial charge on any atom is 0.416 e. The van der Waals surface area contributed by atoms with E-state index >= 15 is 0 Å². The number of halogens is 3. The summed E-state index contributed by atoms with van der Waals surface area (Å²) in [6.07, 6.45) is 0.195. The lowest BCUT2D eigenvalue weighted by Gasteiger charge is -2.39. The van der Waals surface area contributed by atoms with Gasteiger partial charge in [0.2, 0.25) is 0 Å². The Morgan fingerprint density at radius 2 is 1.82 bits per heavy atom. The lowest BCUT2D eigenvalue weighted by molar-refractivity contribution is -0.157. The zero-order valence-electron chi connectivity index (χ0n) is 33.2. The van der Waals surface area contributed by atoms with E-state index in [0.29, 0.717) is 11.1 Å². The molecule has 1 saturated heterocycles. The molecule has 1 fully saturated rings. The fraction of sp³-hybridized carbons (Fsp3) is 0.659. The van der Waals surface area contributed by atoms with Crippen LogP contribution in [-0.2, 0) is 41.3 Å². The molecule has 3 rings (SSSR count). The average Bonchev–Trinajstić information content (AvgIpc) is 3.87. The molecule has 0 amide bonds. The van der Waals surface area contributed by atoms with Crippen LogP contribution < -0.4 is 0 Å². The van der Waals surface area contributed by atoms with Crippen molar-refractivity contribution in [3.63, 3.8) is 0 Å². The zero-order valence-corrected chi connectivity index (χ0v) is 33.2. The van der Waals surface area contributed by atoms with Gasteiger partial charge in [-0.1, -0.05) is 57.2 Å². The molecule has 4 N–H and O–H groups in total. The van der Waals surface area contributed by atoms with E-state index in [1.165, 1.54) is 26.0 Å². The van der Waals surface area contributed by atoms with Crippen LogP contribution in [0.25, 0.3) is 0 Å². The van der Waals surface area contributed by atoms with Crippen molar-refractivity contribution in [3.8, 4) is 0 Å². The SMILES string of the molecule is CC[C@H](OC)[C@@H](C)[C@H]1O[C@@H]1C(N(CCO)Cc1ccc(C(F)(F)F)cc1)C(C)(O)/C=C/C=C(\C)[C@H]1OC(=O)C[C@H](O)CCC(C)(O)[C@@H](OC(C)=O)/C=C/[C@@H]1C. The van der Waals surface area contributed by atoms with Gasteiger partial charge in [0.25, 0.3) is 0 Å². The van der Waals surface area contributed by atoms with Crippen molar-refractivity contribution in [3.05, 3.63) is 71.3 Å². The Bertz CT molecular complexity index is 1490. The van der Waals surface area contributed by atoms with E-state index in [1.807, 2.05) is 13.8 Å². The van der Waals surface area contributed by atoms with Crippen LogP contribution in [0.15, 0.2) is 60.2 Å². The van der Waals surface area contributed by atoms with Gasteiger partial charge in [-0.2, -0.15) is 13.2 Å². The smallest absolute Gasteiger partial charge is 0.416 e. The van der Waals surface area contributed by atoms with Crippen molar-refractivity contribution in [2.45, 2.75) is 141 Å². The first kappa shape index (κ1) is 46.3. The Morgan fingerprint density at radius 3 is 2.38 bits per heavy atom. The predicted molar refractivity (Wildman–Crippen MR) is 199 cm³/mol. The number of carbonyl (C=O) groups is 2. The van der Waals surface area contributed by atoms with Crippen LogP contribution in [0.2, 0.25) is 0 Å². The monoisotopic (exact) mass is 783 g/mol. The van der Waals surface area contributed by atoms with E-state index in [2.05, 4.69) is 0 Å². The van der Waals surface area contributed by atoms with Crippen molar-refractivity contribution < 1.29 is 62.1 Å². The van der Waals surface area contributed by atoms with Gasteiger partial charge in [0, 0.05) is 39.0 Å². The summed E-state index contributed by atoms with van der Waals surface area (Å²) in [5.74, 6) is -1.78. The highest BCUT2D eigenvalue weighted by atomic mass is 19.4. The van der Waals surface area contributed by atoms with Gasteiger partial charge in [-0.05, 0) is 69.4 Å². The maximum absolute atomic E-state index is 13.3. The minimum atomic E-state index is -4.50. The first-order chi connectivity index (χ1) is 25.6. The Labute approximate surface area is 322 Å². The minimum Gasteiger partial charge on any atom is -0.457 e. The van der Waals surface area contributed by atoms with Crippen molar-refractivity contribution in [1.29, 1.82) is 0 Å². The number of carbonyl (C=O) groups excluding carboxylic acids is 2. The molecular formula is C41H60F3NO10. The fourth-order valence-corrected chi connectivity index (χ4v) is 7.38. The van der Waals surface area contributed by atoms with Gasteiger partial charge >= 0.3 is 18.1 Å². The number of rotatable bonds is 15. The number of methoxy groups -OCH3 is 1. The highest BCUT2D eigenvalue weighted by Crippen LogP contribution is 2.41. The van der Waals surface area contributed by atoms with Crippen molar-refractivity contribution in [1.82, 2.24) is 4.90 Å². The van der Waals surface area contributed by atoms with Crippen molar-refractivity contribution >= 4 is 11.9 Å². The topological polar surface area (TPSA) is 159 Å². The predicted octanol–water partition coefficient (Wildman–Crippen LogP) is 5.28. The van der Waals surface area contributed by atoms with E-state index < -0.39 is 71.3 Å². The van der Waals surface area contributed by atoms with Gasteiger partial charge in [-0.3, -0.25) is 14.5 Å². The molecule has 0 aromatic heterocycles. The summed E-state index contributed by atoms with van der Waals surface area (Å²) < 4.78 is 63.0. The number of cyclic esters (lactones) is 1. The summed E-state index contributed by atoms with van der Waals surface area (Å²) in [6.45, 7) is 11.7. The molecule has 14 heteroatoms. The number of aliphatic hydroxyl groups excluding tert-OH is 2. The largest absolute Gasteiger partial charge is 0.457 e. The standard InChI is InChI=1S/C41H60F3NO10/c1-9-32(52-8)27(4)36-37(55-36)38(45(21-22-46)24-29-13-15-30(16-14-29)41(42,43)44)40(7,51)19-10-11-25(2)35-26(3)12-17-33(53-28(5)47)39(6,50)20-18-31(48)23-34(49)54-35/h10-17,19,26-27,31-33,35-38,46,48,50-51H,9,18,20-24H2,1-8H3/b17-12+,19-10+,25-11+/t26-,27+,31+,32-,33-,35+,36+,37-,38?,39?,40?/m0/s1. The molecule has 0 spiro atoms. The molecule has 2 aliphatic heterocycles. The third-order valence-electron chi connectivity index (χ3n) is 10.6. The number of benzene rings is 1. The highest BCUT2D eigenvalue weighted by molar-refractivity contribution is 5.70. The van der Waals surface area contributed by atoms with Crippen LogP contribution in [-0.4, -0.2) is 111 Å². The first-order valence-corrected chi connectivity index (χ1v) is 18.9. The summed E-state index contributed by atoms with van der Waals surface area (Å²) in [6, 6.07) is 3.99. The summed E-state index contributed by atoms with van der Waals surface area (Å²) in [4.78, 5) is 26.6. The number of aliphatic hydroxyl groups is 4. The Hall–Kier alpha value is -3.11. The van der Waals surface area contributed by atoms with Gasteiger partial charge in [-0.25, -0.2) is 0 Å². The molecule has 55 heavy (non-hydrogen) atoms. The quantitative estimate of drug-likeness (QED) is 0.0794. The molecule has 0 aliphatic carbocycles. The highest BCUT2D eigenvalue weighted by Gasteiger charge is 2.56. The van der Waals surface area contributed by atoms with Crippen LogP contribution in [0.4, 0.5) is 13.2 Å². The summed E-state index contributed by atoms with van der Waals surface area (Å²) in [5, 5.41) is 44.0. The number of ether oxygens (including phenoxy) is 4. The van der Waals surface area contributed by atoms with Gasteiger partial charge in [-0.15, -0.1) is 0 Å². The van der Waals surface area contributed by atoms with Crippen LogP contribution >= 0.6 is 0 Å². The normalized spacial score (nSPS) is 30.4. The third kappa shape index (κ3) is 13.2. The molecule has 11 atom stereocenters. The molecule has 0 bridgehead atoms. The van der Waals surface area contributed by atoms with Crippen LogP contribution in [0.1, 0.15) is 85.3 Å². The molecule has 1 aromatic carbocycles. The molecule has 2 aliphatic rings. The first-order valence-electron chi connectivity index (χ1n) is 18.9. The molecule has 2 heterocycles. The van der Waals surface area contributed by atoms with E-state index in [-0.39, 0.29) is 57.1 Å². The van der Waals surface area contributed by atoms with Crippen LogP contribution in [0.3, 0.4) is 0 Å². The maximum atomic E-state index is 13.3. The van der Waals surface area contributed by atoms with E-state index in [4.69, 9.17) is 18.9 Å². The summed E-state index contributed by atoms with van der Waals surface area (Å²) >= 11 is 0. The third-order valence-corrected chi connectivity index (χ3v) is 10.6. The lowest BCUT2D eigenvalue weighted by atomic mass is 9.85. The number of esters is 2. The van der Waals surface area contributed by atoms with E-state index in [9.17, 15) is 43.2 Å². The molecule has 0 radical (unpaired) electrons. The number of nitrogens with zero attached hydrogens (tertiary/aromatic N) is 1. The second-order valence-electron chi connectivity index (χ2n) is 15.4. The number of hydrogen-bond acceptors (Lipinski definition) is 11. The second kappa shape index (κ2) is 19.8. The summed E-state index contributed by atoms with van der Waals surface area (Å²) in [5.41, 5.74) is -2.80. The molecular weight excluding hydrogens is 723 g/mol. The molecule has 0 saturated carbocycles. The van der Waals surface area contributed by atoms with Crippen molar-refractivity contribution in [2.24, 2.45) is 11.8 Å². The number of hydrogen-bond donors (Lipinski definition) is 4. The molecule has 310 valence electrons. The Kier molecular flexibility index (Phi) is 16.7.